The zero-order valence-corrected chi connectivity index (χ0v) is 17.5. The molecule has 0 saturated carbocycles. The van der Waals surface area contributed by atoms with Crippen molar-refractivity contribution in [2.24, 2.45) is 0 Å². The maximum atomic E-state index is 11.7. The second-order valence-electron chi connectivity index (χ2n) is 7.19. The minimum Gasteiger partial charge on any atom is -0.216 e. The van der Waals surface area contributed by atoms with E-state index in [0.717, 1.165) is 29.5 Å². The summed E-state index contributed by atoms with van der Waals surface area (Å²) in [6.07, 6.45) is 2.66. The first-order chi connectivity index (χ1) is 13.2. The molecule has 28 heavy (non-hydrogen) atoms. The first-order valence-corrected chi connectivity index (χ1v) is 11.2. The van der Waals surface area contributed by atoms with Crippen LogP contribution in [0.4, 0.5) is 0 Å². The molecule has 0 bridgehead atoms. The van der Waals surface area contributed by atoms with Crippen molar-refractivity contribution in [2.45, 2.75) is 39.7 Å². The average Bonchev–Trinajstić information content (AvgIpc) is 3.04. The van der Waals surface area contributed by atoms with Crippen molar-refractivity contribution in [1.82, 2.24) is 19.5 Å². The first kappa shape index (κ1) is 20.2. The molecule has 0 spiro atoms. The molecule has 0 fully saturated rings. The number of sulfonamides is 1. The Hall–Kier alpha value is -2.51. The molecule has 148 valence electrons. The van der Waals surface area contributed by atoms with Crippen molar-refractivity contribution in [3.8, 4) is 5.69 Å². The number of aromatic nitrogens is 3. The van der Waals surface area contributed by atoms with Gasteiger partial charge < -0.3 is 0 Å². The first-order valence-electron chi connectivity index (χ1n) is 9.27. The van der Waals surface area contributed by atoms with E-state index in [1.54, 1.807) is 11.6 Å². The predicted molar refractivity (Wildman–Crippen MR) is 111 cm³/mol. The highest BCUT2D eigenvalue weighted by Gasteiger charge is 2.21. The van der Waals surface area contributed by atoms with Gasteiger partial charge in [-0.2, -0.15) is 5.10 Å². The van der Waals surface area contributed by atoms with Gasteiger partial charge in [0.2, 0.25) is 10.0 Å². The van der Waals surface area contributed by atoms with Gasteiger partial charge >= 0.3 is 0 Å². The van der Waals surface area contributed by atoms with Crippen LogP contribution < -0.4 is 4.72 Å². The zero-order valence-electron chi connectivity index (χ0n) is 16.7. The van der Waals surface area contributed by atoms with Crippen LogP contribution in [0.5, 0.6) is 0 Å². The Balaban J connectivity index is 1.96. The van der Waals surface area contributed by atoms with Crippen LogP contribution in [0.15, 0.2) is 48.5 Å². The highest BCUT2D eigenvalue weighted by atomic mass is 32.2. The quantitative estimate of drug-likeness (QED) is 0.663. The Kier molecular flexibility index (Phi) is 5.96. The lowest BCUT2D eigenvalue weighted by Crippen LogP contribution is -2.27. The van der Waals surface area contributed by atoms with E-state index >= 15 is 0 Å². The molecule has 0 amide bonds. The molecule has 0 aliphatic carbocycles. The molecule has 0 saturated heterocycles. The van der Waals surface area contributed by atoms with E-state index in [1.807, 2.05) is 44.2 Å². The van der Waals surface area contributed by atoms with Crippen LogP contribution in [0.3, 0.4) is 0 Å². The molecule has 1 N–H and O–H groups in total. The number of hydrogen-bond donors (Lipinski definition) is 1. The van der Waals surface area contributed by atoms with Crippen LogP contribution in [0.1, 0.15) is 41.3 Å². The summed E-state index contributed by atoms with van der Waals surface area (Å²) in [5.74, 6) is 1.28. The molecule has 7 heteroatoms. The van der Waals surface area contributed by atoms with Crippen LogP contribution in [0.25, 0.3) is 5.69 Å². The molecule has 6 nitrogen and oxygen atoms in total. The maximum Gasteiger partial charge on any atom is 0.209 e. The molecular weight excluding hydrogens is 372 g/mol. The standard InChI is InChI=1S/C21H26N4O2S/c1-15-10-12-19(16(2)14-15)25-21(17(3)24-28(4,26)27)22-20(23-25)13-11-18-8-6-5-7-9-18/h5-10,12,14,17,24H,11,13H2,1-4H3/t17-/m0/s1. The third kappa shape index (κ3) is 5.05. The van der Waals surface area contributed by atoms with Crippen molar-refractivity contribution in [3.63, 3.8) is 0 Å². The van der Waals surface area contributed by atoms with Gasteiger partial charge in [0.05, 0.1) is 18.0 Å². The Morgan fingerprint density at radius 2 is 1.79 bits per heavy atom. The zero-order chi connectivity index (χ0) is 20.3. The third-order valence-electron chi connectivity index (χ3n) is 4.51. The number of aryl methyl sites for hydroxylation is 4. The van der Waals surface area contributed by atoms with Gasteiger partial charge in [0.1, 0.15) is 5.82 Å². The Bertz CT molecular complexity index is 1060. The normalized spacial score (nSPS) is 12.9. The summed E-state index contributed by atoms with van der Waals surface area (Å²) in [7, 11) is -3.36. The van der Waals surface area contributed by atoms with E-state index < -0.39 is 16.1 Å². The van der Waals surface area contributed by atoms with Gasteiger partial charge in [-0.3, -0.25) is 0 Å². The smallest absolute Gasteiger partial charge is 0.209 e. The third-order valence-corrected chi connectivity index (χ3v) is 5.30. The van der Waals surface area contributed by atoms with E-state index in [4.69, 9.17) is 5.10 Å². The summed E-state index contributed by atoms with van der Waals surface area (Å²) in [6.45, 7) is 5.84. The van der Waals surface area contributed by atoms with Crippen molar-refractivity contribution in [3.05, 3.63) is 76.9 Å². The second-order valence-corrected chi connectivity index (χ2v) is 8.97. The summed E-state index contributed by atoms with van der Waals surface area (Å²) in [5.41, 5.74) is 4.34. The summed E-state index contributed by atoms with van der Waals surface area (Å²) in [5, 5.41) is 4.71. The number of nitrogens with zero attached hydrogens (tertiary/aromatic N) is 3. The highest BCUT2D eigenvalue weighted by molar-refractivity contribution is 7.88. The minimum absolute atomic E-state index is 0.492. The second kappa shape index (κ2) is 8.24. The fraction of sp³-hybridized carbons (Fsp3) is 0.333. The molecule has 0 aliphatic rings. The monoisotopic (exact) mass is 398 g/mol. The summed E-state index contributed by atoms with van der Waals surface area (Å²) >= 11 is 0. The van der Waals surface area contributed by atoms with Gasteiger partial charge in [-0.1, -0.05) is 48.0 Å². The lowest BCUT2D eigenvalue weighted by atomic mass is 10.1. The van der Waals surface area contributed by atoms with Gasteiger partial charge in [-0.05, 0) is 44.4 Å². The van der Waals surface area contributed by atoms with Crippen LogP contribution in [-0.4, -0.2) is 29.4 Å². The lowest BCUT2D eigenvalue weighted by molar-refractivity contribution is 0.560. The van der Waals surface area contributed by atoms with Crippen LogP contribution in [0.2, 0.25) is 0 Å². The van der Waals surface area contributed by atoms with E-state index in [1.165, 1.54) is 5.56 Å². The number of rotatable bonds is 7. The largest absolute Gasteiger partial charge is 0.216 e. The Labute approximate surface area is 166 Å². The van der Waals surface area contributed by atoms with Crippen LogP contribution >= 0.6 is 0 Å². The van der Waals surface area contributed by atoms with Crippen molar-refractivity contribution >= 4 is 10.0 Å². The topological polar surface area (TPSA) is 76.9 Å². The van der Waals surface area contributed by atoms with Crippen LogP contribution in [0, 0.1) is 13.8 Å². The van der Waals surface area contributed by atoms with Gasteiger partial charge in [0, 0.05) is 6.42 Å². The SMILES string of the molecule is Cc1ccc(-n2nc(CCc3ccccc3)nc2[C@H](C)NS(C)(=O)=O)c(C)c1. The number of hydrogen-bond acceptors (Lipinski definition) is 4. The molecule has 1 aromatic heterocycles. The molecule has 0 aliphatic heterocycles. The number of benzene rings is 2. The van der Waals surface area contributed by atoms with E-state index in [-0.39, 0.29) is 0 Å². The van der Waals surface area contributed by atoms with Crippen molar-refractivity contribution in [2.75, 3.05) is 6.26 Å². The highest BCUT2D eigenvalue weighted by Crippen LogP contribution is 2.21. The van der Waals surface area contributed by atoms with Crippen molar-refractivity contribution < 1.29 is 8.42 Å². The molecule has 0 radical (unpaired) electrons. The molecule has 1 atom stereocenters. The fourth-order valence-corrected chi connectivity index (χ4v) is 4.00. The summed E-state index contributed by atoms with van der Waals surface area (Å²) < 4.78 is 27.8. The Morgan fingerprint density at radius 3 is 2.43 bits per heavy atom. The summed E-state index contributed by atoms with van der Waals surface area (Å²) in [4.78, 5) is 4.67. The van der Waals surface area contributed by atoms with Gasteiger partial charge in [-0.15, -0.1) is 0 Å². The van der Waals surface area contributed by atoms with E-state index in [2.05, 4.69) is 27.9 Å². The average molecular weight is 399 g/mol. The predicted octanol–water partition coefficient (Wildman–Crippen LogP) is 3.28. The van der Waals surface area contributed by atoms with E-state index in [0.29, 0.717) is 18.1 Å². The maximum absolute atomic E-state index is 11.7. The minimum atomic E-state index is -3.36. The molecule has 3 aromatic rings. The van der Waals surface area contributed by atoms with E-state index in [9.17, 15) is 8.42 Å². The van der Waals surface area contributed by atoms with Gasteiger partial charge in [-0.25, -0.2) is 22.8 Å². The fourth-order valence-electron chi connectivity index (χ4n) is 3.25. The van der Waals surface area contributed by atoms with Crippen molar-refractivity contribution in [1.29, 1.82) is 0 Å². The molecule has 3 rings (SSSR count). The van der Waals surface area contributed by atoms with Gasteiger partial charge in [0.25, 0.3) is 0 Å². The van der Waals surface area contributed by atoms with Crippen LogP contribution in [-0.2, 0) is 22.9 Å². The Morgan fingerprint density at radius 1 is 1.07 bits per heavy atom. The number of nitrogens with one attached hydrogen (secondary N) is 1. The molecule has 2 aromatic carbocycles. The molecule has 0 unspecified atom stereocenters. The molecule has 1 heterocycles. The lowest BCUT2D eigenvalue weighted by Gasteiger charge is -2.14. The molecular formula is C21H26N4O2S. The summed E-state index contributed by atoms with van der Waals surface area (Å²) in [6, 6.07) is 15.8. The van der Waals surface area contributed by atoms with Gasteiger partial charge in [0.15, 0.2) is 5.82 Å².